The van der Waals surface area contributed by atoms with E-state index in [9.17, 15) is 17.6 Å². The maximum absolute atomic E-state index is 14.2. The zero-order chi connectivity index (χ0) is 24.9. The van der Waals surface area contributed by atoms with Crippen molar-refractivity contribution in [2.75, 3.05) is 18.0 Å². The molecule has 0 N–H and O–H groups in total. The highest BCUT2D eigenvalue weighted by molar-refractivity contribution is 7.92. The molecule has 1 heterocycles. The van der Waals surface area contributed by atoms with E-state index in [0.717, 1.165) is 9.87 Å². The van der Waals surface area contributed by atoms with Crippen LogP contribution in [0.1, 0.15) is 28.4 Å². The van der Waals surface area contributed by atoms with Crippen molar-refractivity contribution in [1.29, 1.82) is 0 Å². The Balaban J connectivity index is 1.99. The Hall–Kier alpha value is -3.17. The molecule has 0 aliphatic rings. The van der Waals surface area contributed by atoms with Gasteiger partial charge in [-0.1, -0.05) is 23.7 Å². The first kappa shape index (κ1) is 25.5. The zero-order valence-corrected chi connectivity index (χ0v) is 20.4. The number of carbonyl (C=O) groups is 1. The maximum atomic E-state index is 14.2. The third kappa shape index (κ3) is 5.84. The number of aryl methyl sites for hydroxylation is 1. The lowest BCUT2D eigenvalue weighted by atomic mass is 10.1. The molecule has 3 aromatic rings. The number of ether oxygens (including phenoxy) is 2. The summed E-state index contributed by atoms with van der Waals surface area (Å²) in [5, 5.41) is 0.367. The number of carbonyl (C=O) groups excluding carboxylic acids is 1. The minimum atomic E-state index is -4.15. The van der Waals surface area contributed by atoms with Gasteiger partial charge in [-0.15, -0.1) is 0 Å². The highest BCUT2D eigenvalue weighted by Crippen LogP contribution is 2.37. The van der Waals surface area contributed by atoms with E-state index >= 15 is 0 Å². The molecule has 0 amide bonds. The van der Waals surface area contributed by atoms with Crippen LogP contribution >= 0.6 is 11.6 Å². The molecule has 2 aromatic carbocycles. The summed E-state index contributed by atoms with van der Waals surface area (Å²) >= 11 is 6.30. The molecule has 180 valence electrons. The van der Waals surface area contributed by atoms with Crippen molar-refractivity contribution in [1.82, 2.24) is 4.98 Å². The van der Waals surface area contributed by atoms with Crippen LogP contribution in [0.3, 0.4) is 0 Å². The number of anilines is 1. The Morgan fingerprint density at radius 3 is 2.50 bits per heavy atom. The minimum absolute atomic E-state index is 0.0554. The fourth-order valence-corrected chi connectivity index (χ4v) is 4.81. The summed E-state index contributed by atoms with van der Waals surface area (Å²) in [6.45, 7) is 2.62. The van der Waals surface area contributed by atoms with Crippen LogP contribution in [0.25, 0.3) is 0 Å². The molecule has 10 heteroatoms. The van der Waals surface area contributed by atoms with Crippen molar-refractivity contribution in [2.24, 2.45) is 0 Å². The van der Waals surface area contributed by atoms with Gasteiger partial charge in [0.1, 0.15) is 23.4 Å². The molecule has 0 bridgehead atoms. The number of esters is 1. The lowest BCUT2D eigenvalue weighted by Gasteiger charge is -2.27. The van der Waals surface area contributed by atoms with Gasteiger partial charge in [-0.25, -0.2) is 17.6 Å². The number of sulfonamides is 1. The summed E-state index contributed by atoms with van der Waals surface area (Å²) in [4.78, 5) is 15.4. The molecule has 7 nitrogen and oxygen atoms in total. The van der Waals surface area contributed by atoms with Gasteiger partial charge < -0.3 is 9.47 Å². The number of nitrogens with zero attached hydrogens (tertiary/aromatic N) is 2. The van der Waals surface area contributed by atoms with Crippen LogP contribution in [-0.2, 0) is 21.4 Å². The van der Waals surface area contributed by atoms with Crippen molar-refractivity contribution >= 4 is 33.3 Å². The van der Waals surface area contributed by atoms with Gasteiger partial charge in [0, 0.05) is 23.5 Å². The molecule has 0 fully saturated rings. The quantitative estimate of drug-likeness (QED) is 0.381. The lowest BCUT2D eigenvalue weighted by molar-refractivity contribution is 0.0600. The van der Waals surface area contributed by atoms with E-state index in [0.29, 0.717) is 16.1 Å². The van der Waals surface area contributed by atoms with Crippen molar-refractivity contribution in [3.05, 3.63) is 82.6 Å². The van der Waals surface area contributed by atoms with Gasteiger partial charge in [-0.2, -0.15) is 0 Å². The van der Waals surface area contributed by atoms with Crippen LogP contribution in [0.5, 0.6) is 5.75 Å². The number of benzene rings is 2. The third-order valence-corrected chi connectivity index (χ3v) is 7.09. The van der Waals surface area contributed by atoms with E-state index in [1.165, 1.54) is 44.6 Å². The smallest absolute Gasteiger partial charge is 0.337 e. The number of hydrogen-bond acceptors (Lipinski definition) is 6. The molecule has 1 aromatic heterocycles. The minimum Gasteiger partial charge on any atom is -0.487 e. The average molecular weight is 507 g/mol. The number of methoxy groups -OCH3 is 1. The summed E-state index contributed by atoms with van der Waals surface area (Å²) in [5.41, 5.74) is 1.86. The fourth-order valence-electron chi connectivity index (χ4n) is 3.16. The van der Waals surface area contributed by atoms with Crippen LogP contribution in [0.4, 0.5) is 10.1 Å². The van der Waals surface area contributed by atoms with Gasteiger partial charge in [-0.05, 0) is 55.3 Å². The molecular weight excluding hydrogens is 483 g/mol. The molecule has 34 heavy (non-hydrogen) atoms. The summed E-state index contributed by atoms with van der Waals surface area (Å²) in [7, 11) is -2.85. The predicted molar refractivity (Wildman–Crippen MR) is 128 cm³/mol. The van der Waals surface area contributed by atoms with Crippen LogP contribution in [0.15, 0.2) is 65.8 Å². The van der Waals surface area contributed by atoms with Crippen molar-refractivity contribution in [2.45, 2.75) is 31.5 Å². The molecule has 0 saturated carbocycles. The summed E-state index contributed by atoms with van der Waals surface area (Å²) < 4.78 is 52.6. The Morgan fingerprint density at radius 2 is 1.91 bits per heavy atom. The second-order valence-corrected chi connectivity index (χ2v) is 9.82. The first-order chi connectivity index (χ1) is 16.1. The Labute approximate surface area is 203 Å². The van der Waals surface area contributed by atoms with E-state index in [2.05, 4.69) is 9.72 Å². The molecular formula is C24H24ClFN2O5S. The van der Waals surface area contributed by atoms with Crippen molar-refractivity contribution in [3.8, 4) is 5.75 Å². The van der Waals surface area contributed by atoms with Gasteiger partial charge >= 0.3 is 5.97 Å². The van der Waals surface area contributed by atoms with Crippen LogP contribution in [0.2, 0.25) is 5.02 Å². The maximum Gasteiger partial charge on any atom is 0.337 e. The monoisotopic (exact) mass is 506 g/mol. The largest absolute Gasteiger partial charge is 0.487 e. The summed E-state index contributed by atoms with van der Waals surface area (Å²) in [6, 6.07) is 12.5. The van der Waals surface area contributed by atoms with Gasteiger partial charge in [-0.3, -0.25) is 9.29 Å². The molecule has 0 saturated heterocycles. The molecule has 0 aliphatic heterocycles. The van der Waals surface area contributed by atoms with Gasteiger partial charge in [0.2, 0.25) is 0 Å². The van der Waals surface area contributed by atoms with Gasteiger partial charge in [0.05, 0.1) is 24.9 Å². The van der Waals surface area contributed by atoms with E-state index in [1.54, 1.807) is 37.3 Å². The number of hydrogen-bond donors (Lipinski definition) is 0. The Morgan fingerprint density at radius 1 is 1.21 bits per heavy atom. The second kappa shape index (κ2) is 10.8. The number of pyridine rings is 1. The molecule has 0 radical (unpaired) electrons. The van der Waals surface area contributed by atoms with Gasteiger partial charge in [0.25, 0.3) is 10.0 Å². The van der Waals surface area contributed by atoms with E-state index in [4.69, 9.17) is 16.3 Å². The van der Waals surface area contributed by atoms with Crippen LogP contribution in [-0.4, -0.2) is 39.2 Å². The molecule has 1 unspecified atom stereocenters. The zero-order valence-electron chi connectivity index (χ0n) is 18.9. The molecule has 0 spiro atoms. The fraction of sp³-hybridized carbons (Fsp3) is 0.250. The second-order valence-electron chi connectivity index (χ2n) is 7.55. The average Bonchev–Trinajstić information content (AvgIpc) is 2.83. The van der Waals surface area contributed by atoms with E-state index in [1.807, 2.05) is 0 Å². The summed E-state index contributed by atoms with van der Waals surface area (Å²) in [5.74, 6) is -0.294. The summed E-state index contributed by atoms with van der Waals surface area (Å²) in [6.07, 6.45) is 1.20. The standard InChI is InChI=1S/C24H24ClFN2O5S/c1-16-11-22(28(14-17(2)26)34(30,31)20-5-4-10-27-13-20)23(12-21(16)25)33-15-18-6-8-19(9-7-18)24(29)32-3/h4-13,17H,14-15H2,1-3H3. The highest BCUT2D eigenvalue weighted by atomic mass is 35.5. The molecule has 0 aliphatic carbocycles. The SMILES string of the molecule is COC(=O)c1ccc(COc2cc(Cl)c(C)cc2N(CC(C)F)S(=O)(=O)c2cccnc2)cc1. The topological polar surface area (TPSA) is 85.8 Å². The predicted octanol–water partition coefficient (Wildman–Crippen LogP) is 4.96. The first-order valence-electron chi connectivity index (χ1n) is 10.3. The molecule has 1 atom stereocenters. The Bertz CT molecular complexity index is 1250. The van der Waals surface area contributed by atoms with E-state index < -0.39 is 28.7 Å². The van der Waals surface area contributed by atoms with Crippen LogP contribution in [0, 0.1) is 6.92 Å². The van der Waals surface area contributed by atoms with Crippen molar-refractivity contribution in [3.63, 3.8) is 0 Å². The number of alkyl halides is 1. The Kier molecular flexibility index (Phi) is 8.11. The number of aromatic nitrogens is 1. The third-order valence-electron chi connectivity index (χ3n) is 4.92. The first-order valence-corrected chi connectivity index (χ1v) is 12.1. The highest BCUT2D eigenvalue weighted by Gasteiger charge is 2.30. The van der Waals surface area contributed by atoms with E-state index in [-0.39, 0.29) is 22.9 Å². The lowest BCUT2D eigenvalue weighted by Crippen LogP contribution is -2.36. The number of rotatable bonds is 9. The van der Waals surface area contributed by atoms with Gasteiger partial charge in [0.15, 0.2) is 0 Å². The van der Waals surface area contributed by atoms with Crippen molar-refractivity contribution < 1.29 is 27.1 Å². The van der Waals surface area contributed by atoms with Crippen LogP contribution < -0.4 is 9.04 Å². The normalized spacial score (nSPS) is 12.1. The number of halogens is 2. The molecule has 3 rings (SSSR count).